The van der Waals surface area contributed by atoms with Crippen molar-refractivity contribution in [3.8, 4) is 0 Å². The first-order valence-electron chi connectivity index (χ1n) is 6.15. The molecule has 1 heterocycles. The topological polar surface area (TPSA) is 71.1 Å². The summed E-state index contributed by atoms with van der Waals surface area (Å²) in [4.78, 5) is 4.32. The number of aromatic nitrogens is 1. The standard InChI is InChI=1S/C12H19N3O2S/c1-3-13-11-8-10(4-7-14-11)18(16,17)15-9-12(2)5-6-12/h4,7-8,15H,3,5-6,9H2,1-2H3,(H,13,14). The predicted molar refractivity (Wildman–Crippen MR) is 70.9 cm³/mol. The molecule has 0 aromatic carbocycles. The minimum absolute atomic E-state index is 0.157. The normalized spacial score (nSPS) is 17.4. The maximum atomic E-state index is 12.1. The molecule has 1 aliphatic carbocycles. The molecule has 0 unspecified atom stereocenters. The largest absolute Gasteiger partial charge is 0.370 e. The van der Waals surface area contributed by atoms with Crippen LogP contribution in [-0.2, 0) is 10.0 Å². The molecule has 5 nitrogen and oxygen atoms in total. The lowest BCUT2D eigenvalue weighted by atomic mass is 10.2. The van der Waals surface area contributed by atoms with E-state index in [1.54, 1.807) is 6.07 Å². The van der Waals surface area contributed by atoms with E-state index in [4.69, 9.17) is 0 Å². The van der Waals surface area contributed by atoms with Crippen LogP contribution in [0.4, 0.5) is 5.82 Å². The zero-order valence-corrected chi connectivity index (χ0v) is 11.5. The van der Waals surface area contributed by atoms with Gasteiger partial charge in [-0.3, -0.25) is 0 Å². The van der Waals surface area contributed by atoms with Crippen LogP contribution < -0.4 is 10.0 Å². The molecule has 1 aromatic heterocycles. The Morgan fingerprint density at radius 2 is 2.17 bits per heavy atom. The average molecular weight is 269 g/mol. The highest BCUT2D eigenvalue weighted by atomic mass is 32.2. The van der Waals surface area contributed by atoms with Gasteiger partial charge in [-0.05, 0) is 31.2 Å². The van der Waals surface area contributed by atoms with E-state index in [1.165, 1.54) is 12.3 Å². The minimum atomic E-state index is -3.42. The van der Waals surface area contributed by atoms with Gasteiger partial charge in [0, 0.05) is 25.4 Å². The maximum absolute atomic E-state index is 12.1. The zero-order chi connectivity index (χ0) is 13.2. The molecule has 18 heavy (non-hydrogen) atoms. The summed E-state index contributed by atoms with van der Waals surface area (Å²) in [6.45, 7) is 5.25. The highest BCUT2D eigenvalue weighted by Gasteiger charge is 2.38. The summed E-state index contributed by atoms with van der Waals surface area (Å²) < 4.78 is 26.9. The van der Waals surface area contributed by atoms with Crippen LogP contribution in [0.25, 0.3) is 0 Å². The Balaban J connectivity index is 2.10. The smallest absolute Gasteiger partial charge is 0.240 e. The van der Waals surface area contributed by atoms with Crippen LogP contribution >= 0.6 is 0 Å². The molecule has 0 bridgehead atoms. The fourth-order valence-electron chi connectivity index (χ4n) is 1.60. The fourth-order valence-corrected chi connectivity index (χ4v) is 2.81. The van der Waals surface area contributed by atoms with E-state index in [9.17, 15) is 8.42 Å². The lowest BCUT2D eigenvalue weighted by Gasteiger charge is -2.11. The summed E-state index contributed by atoms with van der Waals surface area (Å²) in [5.74, 6) is 0.581. The van der Waals surface area contributed by atoms with Gasteiger partial charge in [0.15, 0.2) is 0 Å². The summed E-state index contributed by atoms with van der Waals surface area (Å²) in [6, 6.07) is 3.07. The van der Waals surface area contributed by atoms with Crippen molar-refractivity contribution in [3.63, 3.8) is 0 Å². The molecular weight excluding hydrogens is 250 g/mol. The Morgan fingerprint density at radius 3 is 2.78 bits per heavy atom. The second-order valence-corrected chi connectivity index (χ2v) is 6.81. The molecule has 0 amide bonds. The van der Waals surface area contributed by atoms with Crippen molar-refractivity contribution < 1.29 is 8.42 Å². The van der Waals surface area contributed by atoms with Crippen LogP contribution in [0.1, 0.15) is 26.7 Å². The first kappa shape index (κ1) is 13.3. The van der Waals surface area contributed by atoms with E-state index < -0.39 is 10.0 Å². The SMILES string of the molecule is CCNc1cc(S(=O)(=O)NCC2(C)CC2)ccn1. The van der Waals surface area contributed by atoms with Crippen molar-refractivity contribution in [2.75, 3.05) is 18.4 Å². The van der Waals surface area contributed by atoms with Gasteiger partial charge < -0.3 is 5.32 Å². The minimum Gasteiger partial charge on any atom is -0.370 e. The summed E-state index contributed by atoms with van der Waals surface area (Å²) in [6.07, 6.45) is 3.69. The van der Waals surface area contributed by atoms with Crippen molar-refractivity contribution in [3.05, 3.63) is 18.3 Å². The van der Waals surface area contributed by atoms with Crippen LogP contribution in [0.5, 0.6) is 0 Å². The molecule has 100 valence electrons. The molecule has 1 fully saturated rings. The molecular formula is C12H19N3O2S. The average Bonchev–Trinajstić information content (AvgIpc) is 3.07. The molecule has 2 N–H and O–H groups in total. The Bertz CT molecular complexity index is 524. The van der Waals surface area contributed by atoms with E-state index in [-0.39, 0.29) is 10.3 Å². The van der Waals surface area contributed by atoms with Gasteiger partial charge in [0.25, 0.3) is 0 Å². The summed E-state index contributed by atoms with van der Waals surface area (Å²) in [7, 11) is -3.42. The third-order valence-electron chi connectivity index (χ3n) is 3.19. The molecule has 0 aliphatic heterocycles. The third kappa shape index (κ3) is 3.20. The molecule has 2 rings (SSSR count). The number of rotatable bonds is 6. The molecule has 1 aromatic rings. The summed E-state index contributed by atoms with van der Waals surface area (Å²) in [5.41, 5.74) is 0.157. The second kappa shape index (κ2) is 4.85. The molecule has 0 spiro atoms. The van der Waals surface area contributed by atoms with Crippen LogP contribution in [0, 0.1) is 5.41 Å². The number of anilines is 1. The van der Waals surface area contributed by atoms with E-state index in [0.29, 0.717) is 18.9 Å². The Hall–Kier alpha value is -1.14. The first-order valence-corrected chi connectivity index (χ1v) is 7.63. The van der Waals surface area contributed by atoms with Gasteiger partial charge in [-0.25, -0.2) is 18.1 Å². The van der Waals surface area contributed by atoms with Gasteiger partial charge in [0.05, 0.1) is 4.90 Å². The second-order valence-electron chi connectivity index (χ2n) is 5.04. The molecule has 1 aliphatic rings. The Labute approximate surface area is 108 Å². The predicted octanol–water partition coefficient (Wildman–Crippen LogP) is 1.59. The van der Waals surface area contributed by atoms with Crippen molar-refractivity contribution in [2.24, 2.45) is 5.41 Å². The van der Waals surface area contributed by atoms with Gasteiger partial charge in [-0.2, -0.15) is 0 Å². The number of nitrogens with zero attached hydrogens (tertiary/aromatic N) is 1. The monoisotopic (exact) mass is 269 g/mol. The number of hydrogen-bond acceptors (Lipinski definition) is 4. The highest BCUT2D eigenvalue weighted by Crippen LogP contribution is 2.44. The van der Waals surface area contributed by atoms with Crippen molar-refractivity contribution in [1.29, 1.82) is 0 Å². The van der Waals surface area contributed by atoms with Gasteiger partial charge in [0.1, 0.15) is 5.82 Å². The summed E-state index contributed by atoms with van der Waals surface area (Å²) >= 11 is 0. The maximum Gasteiger partial charge on any atom is 0.240 e. The highest BCUT2D eigenvalue weighted by molar-refractivity contribution is 7.89. The van der Waals surface area contributed by atoms with Crippen LogP contribution in [0.15, 0.2) is 23.2 Å². The van der Waals surface area contributed by atoms with Crippen LogP contribution in [0.2, 0.25) is 0 Å². The third-order valence-corrected chi connectivity index (χ3v) is 4.59. The van der Waals surface area contributed by atoms with E-state index in [0.717, 1.165) is 12.8 Å². The first-order chi connectivity index (χ1) is 8.45. The van der Waals surface area contributed by atoms with Crippen LogP contribution in [0.3, 0.4) is 0 Å². The Kier molecular flexibility index (Phi) is 3.59. The molecule has 6 heteroatoms. The van der Waals surface area contributed by atoms with Gasteiger partial charge in [-0.15, -0.1) is 0 Å². The Morgan fingerprint density at radius 1 is 1.44 bits per heavy atom. The zero-order valence-electron chi connectivity index (χ0n) is 10.7. The van der Waals surface area contributed by atoms with Gasteiger partial charge in [0.2, 0.25) is 10.0 Å². The number of sulfonamides is 1. The molecule has 0 saturated heterocycles. The van der Waals surface area contributed by atoms with E-state index in [2.05, 4.69) is 21.9 Å². The molecule has 0 atom stereocenters. The lowest BCUT2D eigenvalue weighted by molar-refractivity contribution is 0.530. The van der Waals surface area contributed by atoms with Crippen molar-refractivity contribution in [1.82, 2.24) is 9.71 Å². The fraction of sp³-hybridized carbons (Fsp3) is 0.583. The number of pyridine rings is 1. The molecule has 1 saturated carbocycles. The van der Waals surface area contributed by atoms with Crippen molar-refractivity contribution >= 4 is 15.8 Å². The molecule has 0 radical (unpaired) electrons. The van der Waals surface area contributed by atoms with Gasteiger partial charge in [-0.1, -0.05) is 6.92 Å². The van der Waals surface area contributed by atoms with Gasteiger partial charge >= 0.3 is 0 Å². The van der Waals surface area contributed by atoms with E-state index >= 15 is 0 Å². The lowest BCUT2D eigenvalue weighted by Crippen LogP contribution is -2.29. The van der Waals surface area contributed by atoms with Crippen LogP contribution in [-0.4, -0.2) is 26.5 Å². The number of hydrogen-bond donors (Lipinski definition) is 2. The number of nitrogens with one attached hydrogen (secondary N) is 2. The summed E-state index contributed by atoms with van der Waals surface area (Å²) in [5, 5.41) is 3.00. The van der Waals surface area contributed by atoms with Crippen molar-refractivity contribution in [2.45, 2.75) is 31.6 Å². The van der Waals surface area contributed by atoms with E-state index in [1.807, 2.05) is 6.92 Å². The quantitative estimate of drug-likeness (QED) is 0.822.